The molecule has 8 heteroatoms. The van der Waals surface area contributed by atoms with Crippen LogP contribution in [0.5, 0.6) is 0 Å². The highest BCUT2D eigenvalue weighted by Crippen LogP contribution is 2.25. The van der Waals surface area contributed by atoms with Gasteiger partial charge in [0.15, 0.2) is 0 Å². The Balaban J connectivity index is 4.83. The van der Waals surface area contributed by atoms with Crippen LogP contribution in [0.15, 0.2) is 5.11 Å². The minimum absolute atomic E-state index is 0.0326. The predicted molar refractivity (Wildman–Crippen MR) is 94.6 cm³/mol. The van der Waals surface area contributed by atoms with Crippen molar-refractivity contribution in [1.82, 2.24) is 4.90 Å². The molecule has 1 amide bonds. The fraction of sp³-hybridized carbons (Fsp3) is 0.824. The smallest absolute Gasteiger partial charge is 0.308 e. The number of esters is 1. The number of Topliss-reactive ketones (excluding diaryl/α,β-unsaturated/α-hetero) is 1. The fourth-order valence-corrected chi connectivity index (χ4v) is 2.50. The van der Waals surface area contributed by atoms with Crippen LogP contribution in [0.3, 0.4) is 0 Å². The Morgan fingerprint density at radius 1 is 1.20 bits per heavy atom. The quantitative estimate of drug-likeness (QED) is 0.176. The third-order valence-electron chi connectivity index (χ3n) is 4.23. The average Bonchev–Trinajstić information content (AvgIpc) is 2.56. The van der Waals surface area contributed by atoms with Crippen molar-refractivity contribution in [1.29, 1.82) is 0 Å². The van der Waals surface area contributed by atoms with Gasteiger partial charge in [0.1, 0.15) is 5.78 Å². The first-order valence-corrected chi connectivity index (χ1v) is 8.63. The SMILES string of the molecule is CCC(CC(CC(C)C(C)=O)C(=O)N(C)C)C(=O)OCCCN=[N+]=[N-]. The van der Waals surface area contributed by atoms with Gasteiger partial charge in [-0.25, -0.2) is 0 Å². The molecule has 0 fully saturated rings. The van der Waals surface area contributed by atoms with Gasteiger partial charge in [-0.2, -0.15) is 0 Å². The van der Waals surface area contributed by atoms with Crippen molar-refractivity contribution in [2.24, 2.45) is 22.9 Å². The van der Waals surface area contributed by atoms with Gasteiger partial charge < -0.3 is 9.64 Å². The number of carbonyl (C=O) groups excluding carboxylic acids is 3. The van der Waals surface area contributed by atoms with E-state index in [1.165, 1.54) is 11.8 Å². The number of carbonyl (C=O) groups is 3. The number of nitrogens with zero attached hydrogens (tertiary/aromatic N) is 4. The molecule has 3 unspecified atom stereocenters. The number of hydrogen-bond acceptors (Lipinski definition) is 5. The summed E-state index contributed by atoms with van der Waals surface area (Å²) >= 11 is 0. The first-order valence-electron chi connectivity index (χ1n) is 8.63. The zero-order chi connectivity index (χ0) is 19.4. The van der Waals surface area contributed by atoms with Gasteiger partial charge in [0.05, 0.1) is 12.5 Å². The van der Waals surface area contributed by atoms with Gasteiger partial charge >= 0.3 is 5.97 Å². The zero-order valence-corrected chi connectivity index (χ0v) is 15.9. The molecular formula is C17H30N4O4. The van der Waals surface area contributed by atoms with Crippen LogP contribution < -0.4 is 0 Å². The number of hydrogen-bond donors (Lipinski definition) is 0. The monoisotopic (exact) mass is 354 g/mol. The lowest BCUT2D eigenvalue weighted by atomic mass is 9.84. The molecule has 0 spiro atoms. The second kappa shape index (κ2) is 12.3. The van der Waals surface area contributed by atoms with Gasteiger partial charge in [0.25, 0.3) is 0 Å². The molecule has 0 N–H and O–H groups in total. The molecule has 0 bridgehead atoms. The summed E-state index contributed by atoms with van der Waals surface area (Å²) in [6, 6.07) is 0. The maximum absolute atomic E-state index is 12.4. The maximum atomic E-state index is 12.4. The van der Waals surface area contributed by atoms with Gasteiger partial charge in [0, 0.05) is 37.4 Å². The normalized spacial score (nSPS) is 14.0. The third kappa shape index (κ3) is 9.10. The Labute approximate surface area is 149 Å². The predicted octanol–water partition coefficient (Wildman–Crippen LogP) is 2.97. The van der Waals surface area contributed by atoms with Crippen LogP contribution in [0.2, 0.25) is 0 Å². The molecule has 0 rings (SSSR count). The van der Waals surface area contributed by atoms with Crippen LogP contribution in [0.25, 0.3) is 10.4 Å². The molecular weight excluding hydrogens is 324 g/mol. The van der Waals surface area contributed by atoms with E-state index in [0.717, 1.165) is 0 Å². The molecule has 25 heavy (non-hydrogen) atoms. The van der Waals surface area contributed by atoms with Crippen LogP contribution in [-0.2, 0) is 19.1 Å². The van der Waals surface area contributed by atoms with E-state index in [-0.39, 0.29) is 36.7 Å². The molecule has 0 aromatic carbocycles. The summed E-state index contributed by atoms with van der Waals surface area (Å²) in [4.78, 5) is 40.3. The van der Waals surface area contributed by atoms with Crippen LogP contribution >= 0.6 is 0 Å². The molecule has 0 aliphatic carbocycles. The molecule has 142 valence electrons. The molecule has 0 aliphatic heterocycles. The van der Waals surface area contributed by atoms with E-state index in [4.69, 9.17) is 10.3 Å². The van der Waals surface area contributed by atoms with E-state index in [2.05, 4.69) is 10.0 Å². The van der Waals surface area contributed by atoms with Crippen molar-refractivity contribution in [2.45, 2.75) is 46.5 Å². The van der Waals surface area contributed by atoms with E-state index in [1.807, 2.05) is 6.92 Å². The lowest BCUT2D eigenvalue weighted by Crippen LogP contribution is -2.34. The highest BCUT2D eigenvalue weighted by molar-refractivity contribution is 5.82. The minimum Gasteiger partial charge on any atom is -0.465 e. The van der Waals surface area contributed by atoms with E-state index in [1.54, 1.807) is 21.0 Å². The molecule has 0 aliphatic rings. The Kier molecular flexibility index (Phi) is 11.3. The summed E-state index contributed by atoms with van der Waals surface area (Å²) in [7, 11) is 3.34. The van der Waals surface area contributed by atoms with Crippen molar-refractivity contribution in [3.8, 4) is 0 Å². The first-order chi connectivity index (χ1) is 11.7. The average molecular weight is 354 g/mol. The summed E-state index contributed by atoms with van der Waals surface area (Å²) in [6.45, 7) is 5.64. The van der Waals surface area contributed by atoms with E-state index in [9.17, 15) is 14.4 Å². The van der Waals surface area contributed by atoms with Gasteiger partial charge in [0.2, 0.25) is 5.91 Å². The first kappa shape index (κ1) is 22.9. The Morgan fingerprint density at radius 2 is 1.84 bits per heavy atom. The standard InChI is InChI=1S/C17H30N4O4/c1-6-14(17(24)25-9-7-8-19-20-18)11-15(16(23)21(4)5)10-12(2)13(3)22/h12,14-15H,6-11H2,1-5H3. The van der Waals surface area contributed by atoms with E-state index in [0.29, 0.717) is 25.7 Å². The van der Waals surface area contributed by atoms with Crippen molar-refractivity contribution in [3.05, 3.63) is 10.4 Å². The van der Waals surface area contributed by atoms with Gasteiger partial charge in [-0.1, -0.05) is 19.0 Å². The summed E-state index contributed by atoms with van der Waals surface area (Å²) in [6.07, 6.45) is 1.81. The van der Waals surface area contributed by atoms with Crippen molar-refractivity contribution >= 4 is 17.7 Å². The second-order valence-corrected chi connectivity index (χ2v) is 6.49. The molecule has 0 aromatic rings. The maximum Gasteiger partial charge on any atom is 0.308 e. The summed E-state index contributed by atoms with van der Waals surface area (Å²) in [5, 5.41) is 3.38. The fourth-order valence-electron chi connectivity index (χ4n) is 2.50. The second-order valence-electron chi connectivity index (χ2n) is 6.49. The topological polar surface area (TPSA) is 112 Å². The number of ketones is 1. The lowest BCUT2D eigenvalue weighted by Gasteiger charge is -2.25. The van der Waals surface area contributed by atoms with Crippen molar-refractivity contribution < 1.29 is 19.1 Å². The molecule has 3 atom stereocenters. The number of amides is 1. The highest BCUT2D eigenvalue weighted by Gasteiger charge is 2.30. The molecule has 0 radical (unpaired) electrons. The molecule has 0 saturated carbocycles. The zero-order valence-electron chi connectivity index (χ0n) is 15.9. The van der Waals surface area contributed by atoms with Crippen LogP contribution in [-0.4, -0.2) is 49.8 Å². The van der Waals surface area contributed by atoms with Gasteiger partial charge in [-0.3, -0.25) is 14.4 Å². The van der Waals surface area contributed by atoms with Crippen molar-refractivity contribution in [2.75, 3.05) is 27.2 Å². The Bertz CT molecular complexity index is 501. The minimum atomic E-state index is -0.396. The van der Waals surface area contributed by atoms with Gasteiger partial charge in [-0.15, -0.1) is 0 Å². The summed E-state index contributed by atoms with van der Waals surface area (Å²) in [5.74, 6) is -1.42. The summed E-state index contributed by atoms with van der Waals surface area (Å²) < 4.78 is 5.22. The molecule has 0 saturated heterocycles. The summed E-state index contributed by atoms with van der Waals surface area (Å²) in [5.41, 5.74) is 8.20. The molecule has 0 heterocycles. The van der Waals surface area contributed by atoms with Crippen LogP contribution in [0.1, 0.15) is 46.5 Å². The van der Waals surface area contributed by atoms with Crippen molar-refractivity contribution in [3.63, 3.8) is 0 Å². The van der Waals surface area contributed by atoms with Crippen LogP contribution in [0, 0.1) is 17.8 Å². The Hall–Kier alpha value is -2.08. The Morgan fingerprint density at radius 3 is 2.32 bits per heavy atom. The van der Waals surface area contributed by atoms with Crippen LogP contribution in [0.4, 0.5) is 0 Å². The lowest BCUT2D eigenvalue weighted by molar-refractivity contribution is -0.150. The highest BCUT2D eigenvalue weighted by atomic mass is 16.5. The van der Waals surface area contributed by atoms with E-state index < -0.39 is 11.8 Å². The van der Waals surface area contributed by atoms with E-state index >= 15 is 0 Å². The number of azide groups is 1. The largest absolute Gasteiger partial charge is 0.465 e. The molecule has 0 aromatic heterocycles. The molecule has 8 nitrogen and oxygen atoms in total. The number of ether oxygens (including phenoxy) is 1. The third-order valence-corrected chi connectivity index (χ3v) is 4.23. The number of rotatable bonds is 12. The van der Waals surface area contributed by atoms with Gasteiger partial charge in [-0.05, 0) is 38.1 Å².